The van der Waals surface area contributed by atoms with Gasteiger partial charge in [-0.15, -0.1) is 0 Å². The Hall–Kier alpha value is -1.31. The second-order valence-electron chi connectivity index (χ2n) is 5.67. The topological polar surface area (TPSA) is 63.7 Å². The van der Waals surface area contributed by atoms with E-state index in [1.54, 1.807) is 18.3 Å². The van der Waals surface area contributed by atoms with Gasteiger partial charge < -0.3 is 14.8 Å². The van der Waals surface area contributed by atoms with Crippen LogP contribution in [0.3, 0.4) is 0 Å². The predicted molar refractivity (Wildman–Crippen MR) is 90.2 cm³/mol. The van der Waals surface area contributed by atoms with Gasteiger partial charge in [-0.1, -0.05) is 0 Å². The van der Waals surface area contributed by atoms with Crippen LogP contribution in [-0.4, -0.2) is 72.8 Å². The molecule has 0 aliphatic carbocycles. The summed E-state index contributed by atoms with van der Waals surface area (Å²) >= 11 is 1.88. The molecule has 1 aromatic rings. The number of carbonyl (C=O) groups is 1. The highest BCUT2D eigenvalue weighted by atomic mass is 32.2. The summed E-state index contributed by atoms with van der Waals surface area (Å²) in [5, 5.41) is 2.96. The van der Waals surface area contributed by atoms with E-state index in [0.29, 0.717) is 18.0 Å². The Balaban J connectivity index is 1.51. The number of rotatable bonds is 6. The number of hydrogen-bond acceptors (Lipinski definition) is 6. The van der Waals surface area contributed by atoms with E-state index in [4.69, 9.17) is 9.47 Å². The molecule has 0 aromatic carbocycles. The molecule has 23 heavy (non-hydrogen) atoms. The lowest BCUT2D eigenvalue weighted by Gasteiger charge is -2.26. The minimum Gasteiger partial charge on any atom is -0.473 e. The van der Waals surface area contributed by atoms with Crippen molar-refractivity contribution in [2.75, 3.05) is 50.9 Å². The first-order chi connectivity index (χ1) is 11.3. The molecule has 0 saturated carbocycles. The summed E-state index contributed by atoms with van der Waals surface area (Å²) in [4.78, 5) is 18.9. The summed E-state index contributed by atoms with van der Waals surface area (Å²) in [5.41, 5.74) is 0.520. The van der Waals surface area contributed by atoms with Gasteiger partial charge in [-0.3, -0.25) is 9.69 Å². The molecule has 0 bridgehead atoms. The molecule has 1 aromatic heterocycles. The molecule has 3 rings (SSSR count). The zero-order valence-electron chi connectivity index (χ0n) is 13.2. The molecule has 3 heterocycles. The van der Waals surface area contributed by atoms with Crippen LogP contribution in [0, 0.1) is 0 Å². The van der Waals surface area contributed by atoms with E-state index in [1.165, 1.54) is 0 Å². The van der Waals surface area contributed by atoms with E-state index in [2.05, 4.69) is 15.2 Å². The second-order valence-corrected chi connectivity index (χ2v) is 6.82. The molecule has 2 aliphatic rings. The normalized spacial score (nSPS) is 22.0. The van der Waals surface area contributed by atoms with Gasteiger partial charge in [0.05, 0.1) is 13.2 Å². The van der Waals surface area contributed by atoms with Gasteiger partial charge in [0, 0.05) is 38.1 Å². The molecular formula is C16H23N3O3S. The molecule has 6 nitrogen and oxygen atoms in total. The average molecular weight is 337 g/mol. The Morgan fingerprint density at radius 1 is 1.48 bits per heavy atom. The maximum absolute atomic E-state index is 12.4. The van der Waals surface area contributed by atoms with Gasteiger partial charge in [-0.25, -0.2) is 4.98 Å². The minimum absolute atomic E-state index is 0.119. The Morgan fingerprint density at radius 2 is 2.35 bits per heavy atom. The third-order valence-corrected chi connectivity index (χ3v) is 5.13. The van der Waals surface area contributed by atoms with Crippen LogP contribution in [0.1, 0.15) is 16.8 Å². The minimum atomic E-state index is -0.119. The summed E-state index contributed by atoms with van der Waals surface area (Å²) in [5.74, 6) is 2.41. The second kappa shape index (κ2) is 8.52. The Labute approximate surface area is 140 Å². The summed E-state index contributed by atoms with van der Waals surface area (Å²) < 4.78 is 11.2. The molecule has 1 unspecified atom stereocenters. The van der Waals surface area contributed by atoms with Crippen molar-refractivity contribution in [2.24, 2.45) is 0 Å². The predicted octanol–water partition coefficient (Wildman–Crippen LogP) is 1.03. The molecule has 0 spiro atoms. The van der Waals surface area contributed by atoms with Crippen molar-refractivity contribution in [3.8, 4) is 5.88 Å². The zero-order valence-corrected chi connectivity index (χ0v) is 14.0. The van der Waals surface area contributed by atoms with E-state index in [0.717, 1.165) is 50.8 Å². The van der Waals surface area contributed by atoms with Crippen LogP contribution in [0.4, 0.5) is 0 Å². The van der Waals surface area contributed by atoms with E-state index >= 15 is 0 Å². The number of ether oxygens (including phenoxy) is 2. The summed E-state index contributed by atoms with van der Waals surface area (Å²) in [6, 6.07) is 3.54. The number of pyridine rings is 1. The molecule has 2 saturated heterocycles. The van der Waals surface area contributed by atoms with Crippen molar-refractivity contribution in [1.82, 2.24) is 15.2 Å². The summed E-state index contributed by atoms with van der Waals surface area (Å²) in [6.07, 6.45) is 2.84. The zero-order chi connectivity index (χ0) is 15.9. The fraction of sp³-hybridized carbons (Fsp3) is 0.625. The third-order valence-electron chi connectivity index (χ3n) is 4.00. The Morgan fingerprint density at radius 3 is 3.13 bits per heavy atom. The molecule has 2 fully saturated rings. The number of aromatic nitrogens is 1. The molecule has 1 amide bonds. The fourth-order valence-electron chi connectivity index (χ4n) is 2.67. The number of amides is 1. The lowest BCUT2D eigenvalue weighted by Crippen LogP contribution is -2.41. The van der Waals surface area contributed by atoms with Crippen molar-refractivity contribution in [3.63, 3.8) is 0 Å². The number of carbonyl (C=O) groups excluding carboxylic acids is 1. The van der Waals surface area contributed by atoms with E-state index < -0.39 is 0 Å². The Kier molecular flexibility index (Phi) is 6.13. The first kappa shape index (κ1) is 16.5. The van der Waals surface area contributed by atoms with Crippen LogP contribution >= 0.6 is 11.8 Å². The van der Waals surface area contributed by atoms with Crippen LogP contribution in [0.25, 0.3) is 0 Å². The third kappa shape index (κ3) is 4.83. The van der Waals surface area contributed by atoms with Crippen LogP contribution in [0.2, 0.25) is 0 Å². The van der Waals surface area contributed by atoms with E-state index in [-0.39, 0.29) is 12.0 Å². The van der Waals surface area contributed by atoms with Gasteiger partial charge in [-0.05, 0) is 24.3 Å². The average Bonchev–Trinajstić information content (AvgIpc) is 3.09. The standard InChI is InChI=1S/C16H23N3O3S/c20-15(17-5-6-19-7-9-21-10-8-19)14-2-1-4-18-16(14)22-13-3-11-23-12-13/h1-2,4,13H,3,5-12H2,(H,17,20). The Bertz CT molecular complexity index is 517. The SMILES string of the molecule is O=C(NCCN1CCOCC1)c1cccnc1OC1CCSC1. The molecule has 1 N–H and O–H groups in total. The number of nitrogens with zero attached hydrogens (tertiary/aromatic N) is 2. The molecule has 0 radical (unpaired) electrons. The largest absolute Gasteiger partial charge is 0.473 e. The summed E-state index contributed by atoms with van der Waals surface area (Å²) in [6.45, 7) is 4.85. The molecule has 7 heteroatoms. The lowest BCUT2D eigenvalue weighted by atomic mass is 10.2. The number of nitrogens with one attached hydrogen (secondary N) is 1. The first-order valence-corrected chi connectivity index (χ1v) is 9.26. The van der Waals surface area contributed by atoms with Crippen LogP contribution < -0.4 is 10.1 Å². The van der Waals surface area contributed by atoms with E-state index in [1.807, 2.05) is 11.8 Å². The number of hydrogen-bond donors (Lipinski definition) is 1. The molecule has 1 atom stereocenters. The highest BCUT2D eigenvalue weighted by Gasteiger charge is 2.21. The molecular weight excluding hydrogens is 314 g/mol. The van der Waals surface area contributed by atoms with E-state index in [9.17, 15) is 4.79 Å². The number of morpholine rings is 1. The van der Waals surface area contributed by atoms with Gasteiger partial charge in [0.15, 0.2) is 0 Å². The smallest absolute Gasteiger partial charge is 0.256 e. The van der Waals surface area contributed by atoms with Crippen molar-refractivity contribution in [1.29, 1.82) is 0 Å². The van der Waals surface area contributed by atoms with Crippen molar-refractivity contribution < 1.29 is 14.3 Å². The van der Waals surface area contributed by atoms with Gasteiger partial charge in [0.2, 0.25) is 5.88 Å². The number of thioether (sulfide) groups is 1. The molecule has 2 aliphatic heterocycles. The van der Waals surface area contributed by atoms with Crippen LogP contribution in [-0.2, 0) is 4.74 Å². The van der Waals surface area contributed by atoms with Gasteiger partial charge in [0.1, 0.15) is 11.7 Å². The first-order valence-electron chi connectivity index (χ1n) is 8.10. The quantitative estimate of drug-likeness (QED) is 0.836. The monoisotopic (exact) mass is 337 g/mol. The van der Waals surface area contributed by atoms with Crippen LogP contribution in [0.15, 0.2) is 18.3 Å². The summed E-state index contributed by atoms with van der Waals surface area (Å²) in [7, 11) is 0. The van der Waals surface area contributed by atoms with Crippen molar-refractivity contribution in [3.05, 3.63) is 23.9 Å². The highest BCUT2D eigenvalue weighted by molar-refractivity contribution is 7.99. The highest BCUT2D eigenvalue weighted by Crippen LogP contribution is 2.24. The maximum atomic E-state index is 12.4. The van der Waals surface area contributed by atoms with Crippen molar-refractivity contribution >= 4 is 17.7 Å². The molecule has 126 valence electrons. The fourth-order valence-corrected chi connectivity index (χ4v) is 3.76. The van der Waals surface area contributed by atoms with Gasteiger partial charge >= 0.3 is 0 Å². The lowest BCUT2D eigenvalue weighted by molar-refractivity contribution is 0.0383. The van der Waals surface area contributed by atoms with Crippen molar-refractivity contribution in [2.45, 2.75) is 12.5 Å². The maximum Gasteiger partial charge on any atom is 0.256 e. The van der Waals surface area contributed by atoms with Gasteiger partial charge in [0.25, 0.3) is 5.91 Å². The van der Waals surface area contributed by atoms with Gasteiger partial charge in [-0.2, -0.15) is 11.8 Å². The van der Waals surface area contributed by atoms with Crippen LogP contribution in [0.5, 0.6) is 5.88 Å².